The van der Waals surface area contributed by atoms with Gasteiger partial charge in [0.05, 0.1) is 22.4 Å². The number of para-hydroxylation sites is 1. The molecule has 1 aromatic heterocycles. The minimum Gasteiger partial charge on any atom is -0.494 e. The molecule has 0 saturated carbocycles. The molecule has 0 atom stereocenters. The van der Waals surface area contributed by atoms with Crippen LogP contribution in [0.5, 0.6) is 5.75 Å². The number of benzene rings is 3. The van der Waals surface area contributed by atoms with Crippen molar-refractivity contribution in [2.75, 3.05) is 30.3 Å². The summed E-state index contributed by atoms with van der Waals surface area (Å²) in [5.41, 5.74) is 1.39. The van der Waals surface area contributed by atoms with Crippen LogP contribution in [0.1, 0.15) is 29.6 Å². The molecule has 4 aromatic rings. The van der Waals surface area contributed by atoms with Gasteiger partial charge in [-0.25, -0.2) is 9.78 Å². The second kappa shape index (κ2) is 12.8. The monoisotopic (exact) mass is 526 g/mol. The molecule has 0 aliphatic carbocycles. The minimum absolute atomic E-state index is 0.370. The molecule has 0 radical (unpaired) electrons. The zero-order valence-electron chi connectivity index (χ0n) is 19.2. The normalized spacial score (nSPS) is 11.0. The van der Waals surface area contributed by atoms with Gasteiger partial charge in [-0.05, 0) is 73.5 Å². The highest BCUT2D eigenvalue weighted by molar-refractivity contribution is 7.99. The van der Waals surface area contributed by atoms with Crippen molar-refractivity contribution >= 4 is 56.0 Å². The Labute approximate surface area is 218 Å². The SMILES string of the molecule is O=C(O)c1ccccc1SCCCCN(CCCOc1ccc(Cl)cc1)c1nc2ccccc2s1. The molecule has 5 nitrogen and oxygen atoms in total. The number of rotatable bonds is 13. The van der Waals surface area contributed by atoms with Gasteiger partial charge in [0.25, 0.3) is 0 Å². The number of carboxylic acids is 1. The Kier molecular flexibility index (Phi) is 9.28. The van der Waals surface area contributed by atoms with Gasteiger partial charge in [0, 0.05) is 23.0 Å². The van der Waals surface area contributed by atoms with E-state index in [1.165, 1.54) is 4.70 Å². The number of ether oxygens (including phenoxy) is 1. The van der Waals surface area contributed by atoms with Crippen molar-refractivity contribution in [2.24, 2.45) is 0 Å². The Hall–Kier alpha value is -2.74. The fourth-order valence-corrected chi connectivity index (χ4v) is 5.83. The summed E-state index contributed by atoms with van der Waals surface area (Å²) in [4.78, 5) is 19.4. The molecule has 0 fully saturated rings. The van der Waals surface area contributed by atoms with Crippen molar-refractivity contribution in [3.05, 3.63) is 83.4 Å². The van der Waals surface area contributed by atoms with Crippen LogP contribution in [-0.2, 0) is 0 Å². The predicted molar refractivity (Wildman–Crippen MR) is 147 cm³/mol. The molecule has 3 aromatic carbocycles. The fraction of sp³-hybridized carbons (Fsp3) is 0.259. The first kappa shape index (κ1) is 25.4. The number of hydrogen-bond donors (Lipinski definition) is 1. The number of hydrogen-bond acceptors (Lipinski definition) is 6. The summed E-state index contributed by atoms with van der Waals surface area (Å²) < 4.78 is 7.06. The third-order valence-electron chi connectivity index (χ3n) is 5.41. The van der Waals surface area contributed by atoms with Gasteiger partial charge in [0.1, 0.15) is 5.75 Å². The second-order valence-electron chi connectivity index (χ2n) is 7.96. The maximum absolute atomic E-state index is 11.4. The quantitative estimate of drug-likeness (QED) is 0.144. The van der Waals surface area contributed by atoms with Crippen LogP contribution in [0.4, 0.5) is 5.13 Å². The number of carboxylic acid groups (broad SMARTS) is 1. The summed E-state index contributed by atoms with van der Waals surface area (Å²) in [6.45, 7) is 2.36. The molecule has 4 rings (SSSR count). The highest BCUT2D eigenvalue weighted by Crippen LogP contribution is 2.29. The van der Waals surface area contributed by atoms with Crippen LogP contribution < -0.4 is 9.64 Å². The summed E-state index contributed by atoms with van der Waals surface area (Å²) in [5.74, 6) is 0.813. The van der Waals surface area contributed by atoms with Crippen molar-refractivity contribution in [1.29, 1.82) is 0 Å². The first-order chi connectivity index (χ1) is 17.1. The van der Waals surface area contributed by atoms with Crippen molar-refractivity contribution in [2.45, 2.75) is 24.2 Å². The Bertz CT molecular complexity index is 1210. The lowest BCUT2D eigenvalue weighted by atomic mass is 10.2. The van der Waals surface area contributed by atoms with E-state index in [-0.39, 0.29) is 0 Å². The van der Waals surface area contributed by atoms with Gasteiger partial charge < -0.3 is 14.7 Å². The highest BCUT2D eigenvalue weighted by Gasteiger charge is 2.13. The van der Waals surface area contributed by atoms with Gasteiger partial charge in [-0.1, -0.05) is 47.2 Å². The zero-order valence-corrected chi connectivity index (χ0v) is 21.6. The molecule has 0 bridgehead atoms. The number of aromatic carboxylic acids is 1. The van der Waals surface area contributed by atoms with Crippen LogP contribution in [0.25, 0.3) is 10.2 Å². The lowest BCUT2D eigenvalue weighted by Gasteiger charge is -2.22. The van der Waals surface area contributed by atoms with Crippen LogP contribution >= 0.6 is 34.7 Å². The Balaban J connectivity index is 1.31. The molecule has 0 aliphatic rings. The van der Waals surface area contributed by atoms with Crippen LogP contribution in [0.2, 0.25) is 5.02 Å². The van der Waals surface area contributed by atoms with Gasteiger partial charge in [0.2, 0.25) is 0 Å². The molecule has 0 saturated heterocycles. The average molecular weight is 527 g/mol. The lowest BCUT2D eigenvalue weighted by Crippen LogP contribution is -2.26. The van der Waals surface area contributed by atoms with E-state index in [4.69, 9.17) is 21.3 Å². The van der Waals surface area contributed by atoms with Crippen LogP contribution in [-0.4, -0.2) is 41.5 Å². The standard InChI is InChI=1S/C27H27ClN2O3S2/c28-20-12-14-21(15-13-20)33-18-7-17-30(27-29-23-9-2-4-11-25(23)35-27)16-5-6-19-34-24-10-3-1-8-22(24)26(31)32/h1-4,8-15H,5-7,16-19H2,(H,31,32). The largest absolute Gasteiger partial charge is 0.494 e. The van der Waals surface area contributed by atoms with Crippen molar-refractivity contribution < 1.29 is 14.6 Å². The van der Waals surface area contributed by atoms with E-state index in [1.54, 1.807) is 35.2 Å². The number of unbranched alkanes of at least 4 members (excludes halogenated alkanes) is 1. The first-order valence-electron chi connectivity index (χ1n) is 11.5. The summed E-state index contributed by atoms with van der Waals surface area (Å²) in [6, 6.07) is 22.8. The number of halogens is 1. The molecule has 182 valence electrons. The van der Waals surface area contributed by atoms with Crippen LogP contribution in [0, 0.1) is 0 Å². The summed E-state index contributed by atoms with van der Waals surface area (Å²) in [5, 5.41) is 11.1. The van der Waals surface area contributed by atoms with Gasteiger partial charge in [-0.2, -0.15) is 0 Å². The van der Waals surface area contributed by atoms with E-state index in [0.29, 0.717) is 17.2 Å². The minimum atomic E-state index is -0.879. The van der Waals surface area contributed by atoms with Crippen LogP contribution in [0.3, 0.4) is 0 Å². The third-order valence-corrected chi connectivity index (χ3v) is 7.91. The first-order valence-corrected chi connectivity index (χ1v) is 13.7. The van der Waals surface area contributed by atoms with Gasteiger partial charge >= 0.3 is 5.97 Å². The molecular formula is C27H27ClN2O3S2. The topological polar surface area (TPSA) is 62.7 Å². The zero-order chi connectivity index (χ0) is 24.5. The molecule has 1 heterocycles. The lowest BCUT2D eigenvalue weighted by molar-refractivity contribution is 0.0693. The number of anilines is 1. The van der Waals surface area contributed by atoms with Gasteiger partial charge in [0.15, 0.2) is 5.13 Å². The second-order valence-corrected chi connectivity index (χ2v) is 10.5. The van der Waals surface area contributed by atoms with E-state index in [9.17, 15) is 9.90 Å². The maximum Gasteiger partial charge on any atom is 0.336 e. The molecule has 0 spiro atoms. The maximum atomic E-state index is 11.4. The van der Waals surface area contributed by atoms with Gasteiger partial charge in [-0.3, -0.25) is 0 Å². The van der Waals surface area contributed by atoms with Crippen molar-refractivity contribution in [3.8, 4) is 5.75 Å². The number of thioether (sulfide) groups is 1. The Morgan fingerprint density at radius 1 is 0.971 bits per heavy atom. The molecule has 35 heavy (non-hydrogen) atoms. The molecule has 0 aliphatic heterocycles. The van der Waals surface area contributed by atoms with Crippen molar-refractivity contribution in [1.82, 2.24) is 4.98 Å². The summed E-state index contributed by atoms with van der Waals surface area (Å²) in [6.07, 6.45) is 2.86. The molecule has 1 N–H and O–H groups in total. The van der Waals surface area contributed by atoms with E-state index < -0.39 is 5.97 Å². The Morgan fingerprint density at radius 3 is 2.51 bits per heavy atom. The van der Waals surface area contributed by atoms with Gasteiger partial charge in [-0.15, -0.1) is 11.8 Å². The number of fused-ring (bicyclic) bond motifs is 1. The highest BCUT2D eigenvalue weighted by atomic mass is 35.5. The van der Waals surface area contributed by atoms with E-state index >= 15 is 0 Å². The number of nitrogens with zero attached hydrogens (tertiary/aromatic N) is 2. The summed E-state index contributed by atoms with van der Waals surface area (Å²) >= 11 is 9.27. The van der Waals surface area contributed by atoms with E-state index in [1.807, 2.05) is 54.6 Å². The molecule has 0 amide bonds. The summed E-state index contributed by atoms with van der Waals surface area (Å²) in [7, 11) is 0. The fourth-order valence-electron chi connectivity index (χ4n) is 3.63. The van der Waals surface area contributed by atoms with Crippen molar-refractivity contribution in [3.63, 3.8) is 0 Å². The molecule has 8 heteroatoms. The van der Waals surface area contributed by atoms with Crippen LogP contribution in [0.15, 0.2) is 77.7 Å². The smallest absolute Gasteiger partial charge is 0.336 e. The third kappa shape index (κ3) is 7.37. The number of thiazole rings is 1. The molecule has 0 unspecified atom stereocenters. The predicted octanol–water partition coefficient (Wildman–Crippen LogP) is 7.50. The molecular weight excluding hydrogens is 500 g/mol. The average Bonchev–Trinajstić information content (AvgIpc) is 3.30. The Morgan fingerprint density at radius 2 is 1.71 bits per heavy atom. The number of carbonyl (C=O) groups is 1. The van der Waals surface area contributed by atoms with E-state index in [0.717, 1.165) is 59.4 Å². The number of aromatic nitrogens is 1. The van der Waals surface area contributed by atoms with E-state index in [2.05, 4.69) is 11.0 Å².